The summed E-state index contributed by atoms with van der Waals surface area (Å²) in [5.41, 5.74) is 2.36. The highest BCUT2D eigenvalue weighted by molar-refractivity contribution is 5.86. The fourth-order valence-electron chi connectivity index (χ4n) is 4.17. The molecule has 4 nitrogen and oxygen atoms in total. The van der Waals surface area contributed by atoms with Crippen LogP contribution in [-0.2, 0) is 0 Å². The SMILES string of the molecule is CCCCCCCCOc1ccc(C(=C(C#N)C#N)c2ccc(OCCCCCCCC)cc2)cc1. The number of rotatable bonds is 18. The molecule has 0 spiro atoms. The van der Waals surface area contributed by atoms with E-state index in [0.717, 1.165) is 35.5 Å². The second kappa shape index (κ2) is 18.1. The minimum absolute atomic E-state index is 0.0940. The summed E-state index contributed by atoms with van der Waals surface area (Å²) in [4.78, 5) is 0. The first kappa shape index (κ1) is 29.0. The molecular weight excluding hydrogens is 444 g/mol. The predicted octanol–water partition coefficient (Wildman–Crippen LogP) is 9.01. The molecule has 0 saturated heterocycles. The summed E-state index contributed by atoms with van der Waals surface area (Å²) in [6.45, 7) is 5.86. The topological polar surface area (TPSA) is 66.0 Å². The van der Waals surface area contributed by atoms with Gasteiger partial charge in [0.1, 0.15) is 29.2 Å². The lowest BCUT2D eigenvalue weighted by atomic mass is 9.93. The number of hydrogen-bond donors (Lipinski definition) is 0. The molecule has 0 amide bonds. The Morgan fingerprint density at radius 1 is 0.556 bits per heavy atom. The van der Waals surface area contributed by atoms with Gasteiger partial charge < -0.3 is 9.47 Å². The first-order valence-electron chi connectivity index (χ1n) is 13.7. The largest absolute Gasteiger partial charge is 0.494 e. The first-order chi connectivity index (χ1) is 17.7. The van der Waals surface area contributed by atoms with Crippen molar-refractivity contribution in [2.24, 2.45) is 0 Å². The van der Waals surface area contributed by atoms with Gasteiger partial charge in [-0.3, -0.25) is 0 Å². The van der Waals surface area contributed by atoms with Gasteiger partial charge in [-0.2, -0.15) is 10.5 Å². The van der Waals surface area contributed by atoms with Gasteiger partial charge in [-0.1, -0.05) is 102 Å². The minimum Gasteiger partial charge on any atom is -0.494 e. The van der Waals surface area contributed by atoms with E-state index in [1.807, 2.05) is 48.5 Å². The third kappa shape index (κ3) is 10.6. The molecule has 0 atom stereocenters. The summed E-state index contributed by atoms with van der Waals surface area (Å²) in [7, 11) is 0. The highest BCUT2D eigenvalue weighted by atomic mass is 16.5. The van der Waals surface area contributed by atoms with Crippen LogP contribution in [0, 0.1) is 22.7 Å². The van der Waals surface area contributed by atoms with E-state index in [4.69, 9.17) is 9.47 Å². The van der Waals surface area contributed by atoms with Gasteiger partial charge in [0, 0.05) is 5.57 Å². The Balaban J connectivity index is 1.96. The molecule has 0 aromatic heterocycles. The second-order valence-corrected chi connectivity index (χ2v) is 9.25. The Labute approximate surface area is 218 Å². The monoisotopic (exact) mass is 486 g/mol. The van der Waals surface area contributed by atoms with Crippen LogP contribution in [0.2, 0.25) is 0 Å². The van der Waals surface area contributed by atoms with Gasteiger partial charge in [0.15, 0.2) is 0 Å². The summed E-state index contributed by atoms with van der Waals surface area (Å²) < 4.78 is 11.8. The van der Waals surface area contributed by atoms with Gasteiger partial charge in [0.25, 0.3) is 0 Å². The molecule has 2 rings (SSSR count). The van der Waals surface area contributed by atoms with Gasteiger partial charge in [0.2, 0.25) is 0 Å². The van der Waals surface area contributed by atoms with Crippen molar-refractivity contribution >= 4 is 5.57 Å². The maximum atomic E-state index is 9.59. The van der Waals surface area contributed by atoms with E-state index in [2.05, 4.69) is 26.0 Å². The third-order valence-electron chi connectivity index (χ3n) is 6.29. The fourth-order valence-corrected chi connectivity index (χ4v) is 4.17. The van der Waals surface area contributed by atoms with E-state index in [1.165, 1.54) is 64.2 Å². The highest BCUT2D eigenvalue weighted by Gasteiger charge is 2.13. The van der Waals surface area contributed by atoms with Crippen LogP contribution >= 0.6 is 0 Å². The van der Waals surface area contributed by atoms with Gasteiger partial charge in [-0.15, -0.1) is 0 Å². The Hall–Kier alpha value is -3.24. The maximum Gasteiger partial charge on any atom is 0.138 e. The van der Waals surface area contributed by atoms with Crippen LogP contribution in [-0.4, -0.2) is 13.2 Å². The molecule has 0 fully saturated rings. The molecule has 0 N–H and O–H groups in total. The molecule has 36 heavy (non-hydrogen) atoms. The highest BCUT2D eigenvalue weighted by Crippen LogP contribution is 2.30. The number of hydrogen-bond acceptors (Lipinski definition) is 4. The van der Waals surface area contributed by atoms with Crippen molar-refractivity contribution in [3.63, 3.8) is 0 Å². The van der Waals surface area contributed by atoms with Crippen molar-refractivity contribution in [1.82, 2.24) is 0 Å². The summed E-state index contributed by atoms with van der Waals surface area (Å²) >= 11 is 0. The molecule has 192 valence electrons. The summed E-state index contributed by atoms with van der Waals surface area (Å²) in [6.07, 6.45) is 14.7. The van der Waals surface area contributed by atoms with Crippen molar-refractivity contribution in [1.29, 1.82) is 10.5 Å². The van der Waals surface area contributed by atoms with Crippen LogP contribution < -0.4 is 9.47 Å². The van der Waals surface area contributed by atoms with Crippen LogP contribution in [0.25, 0.3) is 5.57 Å². The van der Waals surface area contributed by atoms with Gasteiger partial charge >= 0.3 is 0 Å². The number of benzene rings is 2. The van der Waals surface area contributed by atoms with Crippen LogP contribution in [0.1, 0.15) is 102 Å². The van der Waals surface area contributed by atoms with Crippen molar-refractivity contribution in [3.05, 3.63) is 65.2 Å². The zero-order chi connectivity index (χ0) is 25.8. The zero-order valence-electron chi connectivity index (χ0n) is 22.2. The number of nitriles is 2. The normalized spacial score (nSPS) is 10.3. The average Bonchev–Trinajstić information content (AvgIpc) is 2.91. The predicted molar refractivity (Wildman–Crippen MR) is 148 cm³/mol. The first-order valence-corrected chi connectivity index (χ1v) is 13.7. The molecule has 0 aliphatic carbocycles. The van der Waals surface area contributed by atoms with E-state index in [1.54, 1.807) is 0 Å². The van der Waals surface area contributed by atoms with Crippen molar-refractivity contribution in [2.75, 3.05) is 13.2 Å². The molecule has 4 heteroatoms. The lowest BCUT2D eigenvalue weighted by Gasteiger charge is -2.12. The maximum absolute atomic E-state index is 9.59. The van der Waals surface area contributed by atoms with Gasteiger partial charge in [0.05, 0.1) is 13.2 Å². The van der Waals surface area contributed by atoms with E-state index in [9.17, 15) is 10.5 Å². The average molecular weight is 487 g/mol. The van der Waals surface area contributed by atoms with Crippen LogP contribution in [0.4, 0.5) is 0 Å². The van der Waals surface area contributed by atoms with Crippen LogP contribution in [0.5, 0.6) is 11.5 Å². The number of allylic oxidation sites excluding steroid dienone is 1. The summed E-state index contributed by atoms with van der Waals surface area (Å²) in [5.74, 6) is 1.61. The molecule has 2 aromatic rings. The molecule has 0 saturated carbocycles. The Kier molecular flexibility index (Phi) is 14.6. The van der Waals surface area contributed by atoms with Crippen molar-refractivity contribution < 1.29 is 9.47 Å². The molecule has 0 aliphatic rings. The second-order valence-electron chi connectivity index (χ2n) is 9.25. The fraction of sp³-hybridized carbons (Fsp3) is 0.500. The molecular formula is C32H42N2O2. The number of unbranched alkanes of at least 4 members (excludes halogenated alkanes) is 10. The number of ether oxygens (including phenoxy) is 2. The Morgan fingerprint density at radius 2 is 0.917 bits per heavy atom. The van der Waals surface area contributed by atoms with E-state index < -0.39 is 0 Å². The molecule has 0 radical (unpaired) electrons. The zero-order valence-corrected chi connectivity index (χ0v) is 22.2. The third-order valence-corrected chi connectivity index (χ3v) is 6.29. The molecule has 0 heterocycles. The molecule has 2 aromatic carbocycles. The van der Waals surface area contributed by atoms with E-state index in [0.29, 0.717) is 18.8 Å². The van der Waals surface area contributed by atoms with Crippen LogP contribution in [0.15, 0.2) is 54.1 Å². The minimum atomic E-state index is 0.0940. The van der Waals surface area contributed by atoms with Crippen LogP contribution in [0.3, 0.4) is 0 Å². The summed E-state index contributed by atoms with van der Waals surface area (Å²) in [6, 6.07) is 19.5. The lowest BCUT2D eigenvalue weighted by Crippen LogP contribution is -1.99. The summed E-state index contributed by atoms with van der Waals surface area (Å²) in [5, 5.41) is 19.2. The van der Waals surface area contributed by atoms with Gasteiger partial charge in [-0.25, -0.2) is 0 Å². The van der Waals surface area contributed by atoms with Crippen molar-refractivity contribution in [2.45, 2.75) is 90.9 Å². The van der Waals surface area contributed by atoms with E-state index >= 15 is 0 Å². The quantitative estimate of drug-likeness (QED) is 0.156. The molecule has 0 bridgehead atoms. The molecule has 0 unspecified atom stereocenters. The smallest absolute Gasteiger partial charge is 0.138 e. The molecule has 0 aliphatic heterocycles. The lowest BCUT2D eigenvalue weighted by molar-refractivity contribution is 0.304. The van der Waals surface area contributed by atoms with E-state index in [-0.39, 0.29) is 5.57 Å². The van der Waals surface area contributed by atoms with Gasteiger partial charge in [-0.05, 0) is 48.2 Å². The Morgan fingerprint density at radius 3 is 1.28 bits per heavy atom. The standard InChI is InChI=1S/C32H42N2O2/c1-3-5-7-9-11-13-23-35-30-19-15-27(16-20-30)32(29(25-33)26-34)28-17-21-31(22-18-28)36-24-14-12-10-8-6-4-2/h15-22H,3-14,23-24H2,1-2H3. The van der Waals surface area contributed by atoms with Crippen molar-refractivity contribution in [3.8, 4) is 23.6 Å². The Bertz CT molecular complexity index is 899. The number of nitrogens with zero attached hydrogens (tertiary/aromatic N) is 2.